The second kappa shape index (κ2) is 8.88. The van der Waals surface area contributed by atoms with Crippen LogP contribution in [0.2, 0.25) is 0 Å². The smallest absolute Gasteiger partial charge is 0.371 e. The molecular formula is C21H23F6N5O. The molecule has 4 rings (SSSR count). The summed E-state index contributed by atoms with van der Waals surface area (Å²) in [5.41, 5.74) is -0.889. The SMILES string of the molecule is O=C(N1CCN(Cc2c(N3CCCC3)cccc2C(F)(F)F)CC1)n1cc(C(F)(F)F)cn1. The second-order valence-electron chi connectivity index (χ2n) is 8.21. The molecule has 12 heteroatoms. The Kier molecular flexibility index (Phi) is 6.30. The molecular weight excluding hydrogens is 452 g/mol. The molecule has 1 aromatic heterocycles. The summed E-state index contributed by atoms with van der Waals surface area (Å²) >= 11 is 0. The minimum Gasteiger partial charge on any atom is -0.371 e. The topological polar surface area (TPSA) is 44.6 Å². The minimum absolute atomic E-state index is 0.0730. The summed E-state index contributed by atoms with van der Waals surface area (Å²) in [5, 5.41) is 3.50. The molecule has 0 bridgehead atoms. The maximum absolute atomic E-state index is 13.7. The Morgan fingerprint density at radius 3 is 2.15 bits per heavy atom. The molecule has 1 amide bonds. The fourth-order valence-corrected chi connectivity index (χ4v) is 4.30. The molecule has 0 radical (unpaired) electrons. The van der Waals surface area contributed by atoms with Crippen LogP contribution in [0.4, 0.5) is 36.8 Å². The van der Waals surface area contributed by atoms with Crippen molar-refractivity contribution in [1.82, 2.24) is 19.6 Å². The van der Waals surface area contributed by atoms with Crippen LogP contribution in [-0.4, -0.2) is 64.9 Å². The van der Waals surface area contributed by atoms with E-state index in [1.807, 2.05) is 9.80 Å². The van der Waals surface area contributed by atoms with E-state index >= 15 is 0 Å². The van der Waals surface area contributed by atoms with Gasteiger partial charge in [-0.25, -0.2) is 4.79 Å². The summed E-state index contributed by atoms with van der Waals surface area (Å²) in [6.45, 7) is 2.43. The van der Waals surface area contributed by atoms with Gasteiger partial charge in [0.2, 0.25) is 0 Å². The number of hydrogen-bond acceptors (Lipinski definition) is 4. The van der Waals surface area contributed by atoms with Crippen LogP contribution in [0, 0.1) is 0 Å². The van der Waals surface area contributed by atoms with E-state index < -0.39 is 29.5 Å². The normalized spacial score (nSPS) is 18.2. The average molecular weight is 475 g/mol. The van der Waals surface area contributed by atoms with Crippen molar-refractivity contribution in [3.05, 3.63) is 47.3 Å². The van der Waals surface area contributed by atoms with E-state index in [4.69, 9.17) is 0 Å². The molecule has 6 nitrogen and oxygen atoms in total. The van der Waals surface area contributed by atoms with Gasteiger partial charge in [-0.3, -0.25) is 4.90 Å². The fraction of sp³-hybridized carbons (Fsp3) is 0.524. The Morgan fingerprint density at radius 1 is 0.909 bits per heavy atom. The fourth-order valence-electron chi connectivity index (χ4n) is 4.30. The molecule has 33 heavy (non-hydrogen) atoms. The molecule has 2 saturated heterocycles. The molecule has 2 aromatic rings. The van der Waals surface area contributed by atoms with Gasteiger partial charge in [-0.2, -0.15) is 36.1 Å². The Labute approximate surface area is 186 Å². The van der Waals surface area contributed by atoms with E-state index in [-0.39, 0.29) is 25.2 Å². The van der Waals surface area contributed by atoms with Crippen LogP contribution in [0.15, 0.2) is 30.6 Å². The summed E-state index contributed by atoms with van der Waals surface area (Å²) in [5.74, 6) is 0. The maximum atomic E-state index is 13.7. The van der Waals surface area contributed by atoms with Crippen molar-refractivity contribution in [1.29, 1.82) is 0 Å². The zero-order valence-corrected chi connectivity index (χ0v) is 17.7. The van der Waals surface area contributed by atoms with E-state index in [0.717, 1.165) is 18.9 Å². The highest BCUT2D eigenvalue weighted by atomic mass is 19.4. The first-order valence-corrected chi connectivity index (χ1v) is 10.6. The van der Waals surface area contributed by atoms with Crippen molar-refractivity contribution < 1.29 is 31.1 Å². The molecule has 2 aliphatic rings. The van der Waals surface area contributed by atoms with Crippen LogP contribution < -0.4 is 4.90 Å². The summed E-state index contributed by atoms with van der Waals surface area (Å²) in [7, 11) is 0. The summed E-state index contributed by atoms with van der Waals surface area (Å²) < 4.78 is 80.1. The van der Waals surface area contributed by atoms with Crippen LogP contribution in [0.3, 0.4) is 0 Å². The number of nitrogens with zero attached hydrogens (tertiary/aromatic N) is 5. The Morgan fingerprint density at radius 2 is 1.58 bits per heavy atom. The minimum atomic E-state index is -4.60. The first kappa shape index (κ1) is 23.4. The van der Waals surface area contributed by atoms with Crippen molar-refractivity contribution in [3.63, 3.8) is 0 Å². The molecule has 0 unspecified atom stereocenters. The molecule has 0 atom stereocenters. The lowest BCUT2D eigenvalue weighted by Gasteiger charge is -2.35. The van der Waals surface area contributed by atoms with Crippen LogP contribution in [0.1, 0.15) is 29.5 Å². The summed E-state index contributed by atoms with van der Waals surface area (Å²) in [6.07, 6.45) is -6.01. The first-order valence-electron chi connectivity index (χ1n) is 10.6. The van der Waals surface area contributed by atoms with Crippen molar-refractivity contribution >= 4 is 11.7 Å². The highest BCUT2D eigenvalue weighted by Crippen LogP contribution is 2.38. The third-order valence-corrected chi connectivity index (χ3v) is 6.03. The number of carbonyl (C=O) groups excluding carboxylic acids is 1. The van der Waals surface area contributed by atoms with Crippen LogP contribution in [0.25, 0.3) is 0 Å². The molecule has 3 heterocycles. The van der Waals surface area contributed by atoms with Gasteiger partial charge in [-0.15, -0.1) is 0 Å². The predicted octanol–water partition coefficient (Wildman–Crippen LogP) is 4.31. The first-order chi connectivity index (χ1) is 15.5. The summed E-state index contributed by atoms with van der Waals surface area (Å²) in [4.78, 5) is 17.7. The van der Waals surface area contributed by atoms with Gasteiger partial charge >= 0.3 is 18.4 Å². The number of benzene rings is 1. The standard InChI is InChI=1S/C21H23F6N5O/c22-20(23,24)15-12-28-32(13-15)19(33)31-10-8-29(9-11-31)14-16-17(21(25,26)27)4-3-5-18(16)30-6-1-2-7-30/h3-5,12-13H,1-2,6-11,14H2. The molecule has 2 aliphatic heterocycles. The average Bonchev–Trinajstić information content (AvgIpc) is 3.45. The number of carbonyl (C=O) groups is 1. The molecule has 0 N–H and O–H groups in total. The second-order valence-corrected chi connectivity index (χ2v) is 8.21. The quantitative estimate of drug-likeness (QED) is 0.621. The number of anilines is 1. The lowest BCUT2D eigenvalue weighted by atomic mass is 10.0. The number of hydrogen-bond donors (Lipinski definition) is 0. The number of aromatic nitrogens is 2. The summed E-state index contributed by atoms with van der Waals surface area (Å²) in [6, 6.07) is 3.53. The monoisotopic (exact) mass is 475 g/mol. The van der Waals surface area contributed by atoms with Gasteiger partial charge in [-0.1, -0.05) is 6.07 Å². The zero-order valence-electron chi connectivity index (χ0n) is 17.7. The van der Waals surface area contributed by atoms with E-state index in [0.29, 0.717) is 48.9 Å². The lowest BCUT2D eigenvalue weighted by Crippen LogP contribution is -2.49. The van der Waals surface area contributed by atoms with Gasteiger partial charge < -0.3 is 9.80 Å². The zero-order chi connectivity index (χ0) is 23.8. The molecule has 180 valence electrons. The van der Waals surface area contributed by atoms with E-state index in [2.05, 4.69) is 5.10 Å². The van der Waals surface area contributed by atoms with Crippen molar-refractivity contribution in [3.8, 4) is 0 Å². The maximum Gasteiger partial charge on any atom is 0.419 e. The predicted molar refractivity (Wildman–Crippen MR) is 108 cm³/mol. The molecule has 0 aliphatic carbocycles. The molecule has 0 spiro atoms. The molecule has 1 aromatic carbocycles. The van der Waals surface area contributed by atoms with Crippen LogP contribution in [-0.2, 0) is 18.9 Å². The van der Waals surface area contributed by atoms with Crippen LogP contribution >= 0.6 is 0 Å². The largest absolute Gasteiger partial charge is 0.419 e. The van der Waals surface area contributed by atoms with Gasteiger partial charge in [0.1, 0.15) is 0 Å². The van der Waals surface area contributed by atoms with E-state index in [9.17, 15) is 31.1 Å². The highest BCUT2D eigenvalue weighted by molar-refractivity contribution is 5.76. The third kappa shape index (κ3) is 5.10. The van der Waals surface area contributed by atoms with Gasteiger partial charge in [0.25, 0.3) is 0 Å². The number of rotatable bonds is 3. The number of halogens is 6. The van der Waals surface area contributed by atoms with Gasteiger partial charge in [-0.05, 0) is 25.0 Å². The Hall–Kier alpha value is -2.76. The van der Waals surface area contributed by atoms with Gasteiger partial charge in [0, 0.05) is 63.3 Å². The Balaban J connectivity index is 1.46. The lowest BCUT2D eigenvalue weighted by molar-refractivity contribution is -0.139. The molecule has 2 fully saturated rings. The van der Waals surface area contributed by atoms with Crippen molar-refractivity contribution in [2.24, 2.45) is 0 Å². The van der Waals surface area contributed by atoms with Crippen molar-refractivity contribution in [2.75, 3.05) is 44.2 Å². The molecule has 0 saturated carbocycles. The van der Waals surface area contributed by atoms with Crippen LogP contribution in [0.5, 0.6) is 0 Å². The Bertz CT molecular complexity index is 988. The van der Waals surface area contributed by atoms with E-state index in [1.165, 1.54) is 11.0 Å². The number of alkyl halides is 6. The third-order valence-electron chi connectivity index (χ3n) is 6.03. The van der Waals surface area contributed by atoms with E-state index in [1.54, 1.807) is 6.07 Å². The number of piperazine rings is 1. The van der Waals surface area contributed by atoms with Gasteiger partial charge in [0.15, 0.2) is 0 Å². The highest BCUT2D eigenvalue weighted by Gasteiger charge is 2.37. The van der Waals surface area contributed by atoms with Crippen molar-refractivity contribution in [2.45, 2.75) is 31.7 Å². The number of amides is 1. The van der Waals surface area contributed by atoms with Gasteiger partial charge in [0.05, 0.1) is 17.3 Å².